The van der Waals surface area contributed by atoms with Crippen LogP contribution in [0.15, 0.2) is 12.1 Å². The zero-order chi connectivity index (χ0) is 11.6. The first kappa shape index (κ1) is 11.5. The molecule has 0 aliphatic carbocycles. The molecular formula is C9H9F2NO3. The molecule has 0 heterocycles. The average molecular weight is 217 g/mol. The van der Waals surface area contributed by atoms with Crippen molar-refractivity contribution in [3.63, 3.8) is 0 Å². The van der Waals surface area contributed by atoms with Crippen LogP contribution in [-0.4, -0.2) is 16.6 Å². The molecule has 0 radical (unpaired) electrons. The van der Waals surface area contributed by atoms with Gasteiger partial charge in [-0.15, -0.1) is 0 Å². The lowest BCUT2D eigenvalue weighted by molar-refractivity contribution is -0.387. The van der Waals surface area contributed by atoms with Crippen molar-refractivity contribution in [1.82, 2.24) is 0 Å². The van der Waals surface area contributed by atoms with Gasteiger partial charge in [-0.1, -0.05) is 6.92 Å². The normalized spacial score (nSPS) is 12.5. The van der Waals surface area contributed by atoms with Gasteiger partial charge in [0.2, 0.25) is 5.82 Å². The molecule has 0 bridgehead atoms. The van der Waals surface area contributed by atoms with Gasteiger partial charge in [0.15, 0.2) is 5.82 Å². The summed E-state index contributed by atoms with van der Waals surface area (Å²) in [5.41, 5.74) is -0.714. The predicted molar refractivity (Wildman–Crippen MR) is 48.5 cm³/mol. The summed E-state index contributed by atoms with van der Waals surface area (Å²) in [6.45, 7) is 1.26. The predicted octanol–water partition coefficient (Wildman–Crippen LogP) is 1.97. The van der Waals surface area contributed by atoms with Gasteiger partial charge >= 0.3 is 5.69 Å². The Morgan fingerprint density at radius 1 is 1.53 bits per heavy atom. The third kappa shape index (κ3) is 2.27. The van der Waals surface area contributed by atoms with Gasteiger partial charge in [0, 0.05) is 18.6 Å². The van der Waals surface area contributed by atoms with E-state index < -0.39 is 28.2 Å². The Hall–Kier alpha value is -1.56. The minimum absolute atomic E-state index is 0.197. The summed E-state index contributed by atoms with van der Waals surface area (Å²) in [7, 11) is 0. The van der Waals surface area contributed by atoms with E-state index in [1.807, 2.05) is 0 Å². The Morgan fingerprint density at radius 2 is 2.13 bits per heavy atom. The number of hydrogen-bond acceptors (Lipinski definition) is 3. The van der Waals surface area contributed by atoms with Crippen LogP contribution in [0.2, 0.25) is 0 Å². The molecule has 1 atom stereocenters. The van der Waals surface area contributed by atoms with Crippen molar-refractivity contribution in [1.29, 1.82) is 0 Å². The van der Waals surface area contributed by atoms with Gasteiger partial charge in [-0.3, -0.25) is 10.1 Å². The summed E-state index contributed by atoms with van der Waals surface area (Å²) in [6.07, 6.45) is 0. The largest absolute Gasteiger partial charge is 0.396 e. The fourth-order valence-electron chi connectivity index (χ4n) is 1.12. The molecule has 1 unspecified atom stereocenters. The molecule has 82 valence electrons. The topological polar surface area (TPSA) is 63.4 Å². The van der Waals surface area contributed by atoms with E-state index in [-0.39, 0.29) is 12.2 Å². The Balaban J connectivity index is 3.29. The van der Waals surface area contributed by atoms with Crippen molar-refractivity contribution in [3.05, 3.63) is 39.4 Å². The molecule has 0 fully saturated rings. The number of nitro benzene ring substituents is 1. The molecule has 1 rings (SSSR count). The summed E-state index contributed by atoms with van der Waals surface area (Å²) in [6, 6.07) is 1.78. The number of nitrogens with zero attached hydrogens (tertiary/aromatic N) is 1. The van der Waals surface area contributed by atoms with Crippen molar-refractivity contribution in [2.45, 2.75) is 12.8 Å². The van der Waals surface area contributed by atoms with Gasteiger partial charge in [0.05, 0.1) is 4.92 Å². The minimum atomic E-state index is -1.48. The Morgan fingerprint density at radius 3 is 2.60 bits per heavy atom. The van der Waals surface area contributed by atoms with E-state index in [4.69, 9.17) is 5.11 Å². The van der Waals surface area contributed by atoms with Crippen molar-refractivity contribution in [3.8, 4) is 0 Å². The first-order valence-electron chi connectivity index (χ1n) is 4.21. The van der Waals surface area contributed by atoms with Crippen LogP contribution >= 0.6 is 0 Å². The van der Waals surface area contributed by atoms with E-state index in [0.717, 1.165) is 12.1 Å². The van der Waals surface area contributed by atoms with E-state index in [9.17, 15) is 18.9 Å². The highest BCUT2D eigenvalue weighted by molar-refractivity contribution is 5.38. The Bertz CT molecular complexity index is 395. The number of hydrogen-bond donors (Lipinski definition) is 1. The number of aliphatic hydroxyl groups excluding tert-OH is 1. The Labute approximate surface area is 84.3 Å². The summed E-state index contributed by atoms with van der Waals surface area (Å²) >= 11 is 0. The fourth-order valence-corrected chi connectivity index (χ4v) is 1.12. The molecule has 4 nitrogen and oxygen atoms in total. The zero-order valence-electron chi connectivity index (χ0n) is 7.91. The molecule has 6 heteroatoms. The molecule has 0 amide bonds. The molecule has 0 aromatic heterocycles. The molecule has 15 heavy (non-hydrogen) atoms. The van der Waals surface area contributed by atoms with Crippen LogP contribution < -0.4 is 0 Å². The van der Waals surface area contributed by atoms with Gasteiger partial charge in [0.1, 0.15) is 0 Å². The van der Waals surface area contributed by atoms with Gasteiger partial charge in [-0.2, -0.15) is 4.39 Å². The van der Waals surface area contributed by atoms with Crippen molar-refractivity contribution in [2.24, 2.45) is 0 Å². The molecule has 0 spiro atoms. The van der Waals surface area contributed by atoms with Crippen LogP contribution in [0.3, 0.4) is 0 Å². The molecule has 0 saturated carbocycles. The maximum atomic E-state index is 12.9. The molecule has 1 N–H and O–H groups in total. The summed E-state index contributed by atoms with van der Waals surface area (Å²) in [5, 5.41) is 19.2. The lowest BCUT2D eigenvalue weighted by Crippen LogP contribution is -2.03. The average Bonchev–Trinajstić information content (AvgIpc) is 2.20. The number of benzene rings is 1. The number of aliphatic hydroxyl groups is 1. The summed E-state index contributed by atoms with van der Waals surface area (Å²) < 4.78 is 25.9. The van der Waals surface area contributed by atoms with Crippen molar-refractivity contribution >= 4 is 5.69 Å². The third-order valence-electron chi connectivity index (χ3n) is 2.07. The van der Waals surface area contributed by atoms with E-state index in [1.54, 1.807) is 6.92 Å². The lowest BCUT2D eigenvalue weighted by atomic mass is 10.0. The highest BCUT2D eigenvalue weighted by Crippen LogP contribution is 2.25. The smallest absolute Gasteiger partial charge is 0.308 e. The first-order chi connectivity index (χ1) is 6.97. The second-order valence-electron chi connectivity index (χ2n) is 3.18. The first-order valence-corrected chi connectivity index (χ1v) is 4.21. The van der Waals surface area contributed by atoms with E-state index in [0.29, 0.717) is 0 Å². The number of nitro groups is 1. The van der Waals surface area contributed by atoms with Crippen molar-refractivity contribution < 1.29 is 18.8 Å². The molecule has 0 aliphatic rings. The zero-order valence-corrected chi connectivity index (χ0v) is 7.91. The highest BCUT2D eigenvalue weighted by Gasteiger charge is 2.21. The lowest BCUT2D eigenvalue weighted by Gasteiger charge is -2.08. The van der Waals surface area contributed by atoms with Crippen LogP contribution in [-0.2, 0) is 0 Å². The van der Waals surface area contributed by atoms with E-state index >= 15 is 0 Å². The van der Waals surface area contributed by atoms with Gasteiger partial charge in [-0.05, 0) is 11.6 Å². The molecular weight excluding hydrogens is 208 g/mol. The quantitative estimate of drug-likeness (QED) is 0.621. The summed E-state index contributed by atoms with van der Waals surface area (Å²) in [4.78, 5) is 9.38. The fraction of sp³-hybridized carbons (Fsp3) is 0.333. The van der Waals surface area contributed by atoms with Crippen LogP contribution in [0, 0.1) is 21.7 Å². The molecule has 0 aliphatic heterocycles. The highest BCUT2D eigenvalue weighted by atomic mass is 19.2. The molecule has 1 aromatic carbocycles. The summed E-state index contributed by atoms with van der Waals surface area (Å²) in [5.74, 6) is -3.23. The second kappa shape index (κ2) is 4.31. The van der Waals surface area contributed by atoms with E-state index in [2.05, 4.69) is 0 Å². The van der Waals surface area contributed by atoms with Crippen LogP contribution in [0.1, 0.15) is 18.4 Å². The van der Waals surface area contributed by atoms with Crippen LogP contribution in [0.5, 0.6) is 0 Å². The molecule has 1 aromatic rings. The van der Waals surface area contributed by atoms with E-state index in [1.165, 1.54) is 0 Å². The minimum Gasteiger partial charge on any atom is -0.396 e. The maximum absolute atomic E-state index is 12.9. The second-order valence-corrected chi connectivity index (χ2v) is 3.18. The Kier molecular flexibility index (Phi) is 3.31. The standard InChI is InChI=1S/C9H9F2NO3/c1-5(4-13)6-2-7(10)9(11)8(3-6)12(14)15/h2-3,5,13H,4H2,1H3. The van der Waals surface area contributed by atoms with Gasteiger partial charge in [0.25, 0.3) is 0 Å². The number of halogens is 2. The number of rotatable bonds is 3. The third-order valence-corrected chi connectivity index (χ3v) is 2.07. The van der Waals surface area contributed by atoms with Gasteiger partial charge < -0.3 is 5.11 Å². The van der Waals surface area contributed by atoms with Crippen molar-refractivity contribution in [2.75, 3.05) is 6.61 Å². The monoisotopic (exact) mass is 217 g/mol. The maximum Gasteiger partial charge on any atom is 0.308 e. The van der Waals surface area contributed by atoms with Gasteiger partial charge in [-0.25, -0.2) is 4.39 Å². The SMILES string of the molecule is CC(CO)c1cc(F)c(F)c([N+](=O)[O-])c1. The van der Waals surface area contributed by atoms with Crippen LogP contribution in [0.4, 0.5) is 14.5 Å². The molecule has 0 saturated heterocycles. The van der Waals surface area contributed by atoms with Crippen LogP contribution in [0.25, 0.3) is 0 Å².